The molecule has 190 valence electrons. The van der Waals surface area contributed by atoms with Crippen LogP contribution in [0.2, 0.25) is 18.1 Å². The second-order valence-corrected chi connectivity index (χ2v) is 18.7. The SMILES string of the molecule is CC1=C(I)[C@@]23CC1(OCOCc1ccccc1)C(C)(CO[Si](C)(C)C(C)(C)C)C2CC[C@@]3(C)O. The average molecular weight is 599 g/mol. The van der Waals surface area contributed by atoms with E-state index in [1.807, 2.05) is 25.1 Å². The van der Waals surface area contributed by atoms with Gasteiger partial charge in [-0.15, -0.1) is 0 Å². The number of hydrogen-bond donors (Lipinski definition) is 1. The highest BCUT2D eigenvalue weighted by molar-refractivity contribution is 14.1. The molecule has 4 nitrogen and oxygen atoms in total. The Bertz CT molecular complexity index is 953. The molecular formula is C28H43IO4Si. The number of ether oxygens (including phenoxy) is 2. The summed E-state index contributed by atoms with van der Waals surface area (Å²) in [4.78, 5) is 0. The molecule has 3 aliphatic carbocycles. The molecule has 0 heterocycles. The second kappa shape index (κ2) is 8.66. The van der Waals surface area contributed by atoms with Crippen molar-refractivity contribution in [3.8, 4) is 0 Å². The largest absolute Gasteiger partial charge is 0.416 e. The number of aliphatic hydroxyl groups is 1. The quantitative estimate of drug-likeness (QED) is 0.149. The fraction of sp³-hybridized carbons (Fsp3) is 0.714. The van der Waals surface area contributed by atoms with Gasteiger partial charge in [-0.2, -0.15) is 0 Å². The first-order valence-corrected chi connectivity index (χ1v) is 16.6. The van der Waals surface area contributed by atoms with E-state index in [0.29, 0.717) is 19.1 Å². The Balaban J connectivity index is 1.64. The van der Waals surface area contributed by atoms with Gasteiger partial charge >= 0.3 is 0 Å². The van der Waals surface area contributed by atoms with E-state index >= 15 is 0 Å². The van der Waals surface area contributed by atoms with Gasteiger partial charge in [-0.05, 0) is 90.9 Å². The lowest BCUT2D eigenvalue weighted by molar-refractivity contribution is -0.180. The van der Waals surface area contributed by atoms with Gasteiger partial charge in [-0.3, -0.25) is 0 Å². The molecule has 0 saturated heterocycles. The maximum Gasteiger partial charge on any atom is 0.192 e. The van der Waals surface area contributed by atoms with Crippen molar-refractivity contribution in [3.63, 3.8) is 0 Å². The van der Waals surface area contributed by atoms with Crippen molar-refractivity contribution in [3.05, 3.63) is 45.0 Å². The van der Waals surface area contributed by atoms with Crippen LogP contribution in [0.3, 0.4) is 0 Å². The number of halogens is 1. The Labute approximate surface area is 221 Å². The average Bonchev–Trinajstić information content (AvgIpc) is 3.26. The summed E-state index contributed by atoms with van der Waals surface area (Å²) in [6.07, 6.45) is 2.64. The lowest BCUT2D eigenvalue weighted by Crippen LogP contribution is -2.55. The molecule has 34 heavy (non-hydrogen) atoms. The molecule has 2 saturated carbocycles. The molecule has 0 radical (unpaired) electrons. The normalized spacial score (nSPS) is 37.5. The van der Waals surface area contributed by atoms with Crippen molar-refractivity contribution in [2.24, 2.45) is 16.7 Å². The van der Waals surface area contributed by atoms with Crippen LogP contribution < -0.4 is 0 Å². The van der Waals surface area contributed by atoms with Crippen LogP contribution in [-0.4, -0.2) is 38.0 Å². The monoisotopic (exact) mass is 598 g/mol. The van der Waals surface area contributed by atoms with E-state index in [1.54, 1.807) is 0 Å². The summed E-state index contributed by atoms with van der Waals surface area (Å²) in [5.74, 6) is 0.324. The van der Waals surface area contributed by atoms with Gasteiger partial charge < -0.3 is 19.0 Å². The highest BCUT2D eigenvalue weighted by Gasteiger charge is 2.80. The molecule has 6 heteroatoms. The first-order chi connectivity index (χ1) is 15.6. The van der Waals surface area contributed by atoms with Gasteiger partial charge in [0.1, 0.15) is 12.4 Å². The van der Waals surface area contributed by atoms with Gasteiger partial charge in [0.2, 0.25) is 0 Å². The molecule has 1 N–H and O–H groups in total. The lowest BCUT2D eigenvalue weighted by Gasteiger charge is -2.51. The summed E-state index contributed by atoms with van der Waals surface area (Å²) in [7, 11) is -1.95. The van der Waals surface area contributed by atoms with E-state index in [-0.39, 0.29) is 22.7 Å². The summed E-state index contributed by atoms with van der Waals surface area (Å²) >= 11 is 2.50. The van der Waals surface area contributed by atoms with E-state index in [4.69, 9.17) is 13.9 Å². The summed E-state index contributed by atoms with van der Waals surface area (Å²) in [5.41, 5.74) is 0.693. The molecule has 0 aromatic heterocycles. The second-order valence-electron chi connectivity index (χ2n) is 12.8. The minimum Gasteiger partial charge on any atom is -0.416 e. The topological polar surface area (TPSA) is 47.9 Å². The zero-order valence-electron chi connectivity index (χ0n) is 22.3. The van der Waals surface area contributed by atoms with Gasteiger partial charge in [0.15, 0.2) is 8.32 Å². The fourth-order valence-electron chi connectivity index (χ4n) is 6.83. The maximum atomic E-state index is 11.7. The van der Waals surface area contributed by atoms with Crippen molar-refractivity contribution < 1.29 is 19.0 Å². The predicted octanol–water partition coefficient (Wildman–Crippen LogP) is 7.22. The fourth-order valence-corrected chi connectivity index (χ4v) is 9.50. The van der Waals surface area contributed by atoms with Crippen LogP contribution in [0.4, 0.5) is 0 Å². The molecular weight excluding hydrogens is 555 g/mol. The zero-order valence-corrected chi connectivity index (χ0v) is 25.4. The van der Waals surface area contributed by atoms with Gasteiger partial charge in [0.05, 0.1) is 12.2 Å². The van der Waals surface area contributed by atoms with Gasteiger partial charge in [0, 0.05) is 21.0 Å². The Kier molecular flexibility index (Phi) is 6.82. The van der Waals surface area contributed by atoms with E-state index in [1.165, 1.54) is 9.15 Å². The molecule has 5 atom stereocenters. The Hall–Kier alpha value is -0.253. The van der Waals surface area contributed by atoms with Crippen LogP contribution in [-0.2, 0) is 20.5 Å². The summed E-state index contributed by atoms with van der Waals surface area (Å²) < 4.78 is 21.0. The van der Waals surface area contributed by atoms with Crippen molar-refractivity contribution >= 4 is 30.9 Å². The Morgan fingerprint density at radius 3 is 2.41 bits per heavy atom. The molecule has 1 aromatic rings. The number of rotatable bonds is 8. The lowest BCUT2D eigenvalue weighted by atomic mass is 9.61. The molecule has 1 spiro atoms. The van der Waals surface area contributed by atoms with Gasteiger partial charge in [0.25, 0.3) is 0 Å². The third kappa shape index (κ3) is 3.73. The molecule has 2 bridgehead atoms. The van der Waals surface area contributed by atoms with Crippen molar-refractivity contribution in [1.29, 1.82) is 0 Å². The minimum atomic E-state index is -1.95. The van der Waals surface area contributed by atoms with Crippen LogP contribution in [0.5, 0.6) is 0 Å². The van der Waals surface area contributed by atoms with E-state index in [0.717, 1.165) is 24.8 Å². The summed E-state index contributed by atoms with van der Waals surface area (Å²) in [6.45, 7) is 19.6. The smallest absolute Gasteiger partial charge is 0.192 e. The Morgan fingerprint density at radius 1 is 1.15 bits per heavy atom. The number of fused-ring (bicyclic) bond motifs is 1. The first kappa shape index (κ1) is 26.8. The third-order valence-corrected chi connectivity index (χ3v) is 16.3. The molecule has 1 aromatic carbocycles. The molecule has 4 rings (SSSR count). The standard InChI is InChI=1S/C28H43IO4Si/c1-20-23(29)27-17-28(20,32-19-31-16-21-12-10-9-11-13-21)25(5,22(27)14-15-26(27,6)30)18-33-34(7,8)24(2,3)4/h9-13,22,30H,14-19H2,1-8H3/t22?,25?,26-,27-,28?/m1/s1. The summed E-state index contributed by atoms with van der Waals surface area (Å²) in [6, 6.07) is 10.2. The van der Waals surface area contributed by atoms with Gasteiger partial charge in [-0.1, -0.05) is 58.0 Å². The molecule has 0 amide bonds. The van der Waals surface area contributed by atoms with Crippen LogP contribution in [0.1, 0.15) is 66.4 Å². The Morgan fingerprint density at radius 2 is 1.79 bits per heavy atom. The highest BCUT2D eigenvalue weighted by atomic mass is 127. The molecule has 0 aliphatic heterocycles. The highest BCUT2D eigenvalue weighted by Crippen LogP contribution is 2.79. The maximum absolute atomic E-state index is 11.7. The van der Waals surface area contributed by atoms with E-state index < -0.39 is 19.5 Å². The summed E-state index contributed by atoms with van der Waals surface area (Å²) in [5, 5.41) is 11.8. The molecule has 2 fully saturated rings. The van der Waals surface area contributed by atoms with Crippen molar-refractivity contribution in [2.45, 2.75) is 96.7 Å². The predicted molar refractivity (Wildman–Crippen MR) is 148 cm³/mol. The minimum absolute atomic E-state index is 0.145. The zero-order chi connectivity index (χ0) is 25.2. The van der Waals surface area contributed by atoms with Crippen LogP contribution in [0, 0.1) is 16.7 Å². The molecule has 3 aliphatic rings. The van der Waals surface area contributed by atoms with Gasteiger partial charge in [-0.25, -0.2) is 0 Å². The van der Waals surface area contributed by atoms with Crippen LogP contribution in [0.25, 0.3) is 0 Å². The number of benzene rings is 1. The van der Waals surface area contributed by atoms with Crippen LogP contribution >= 0.6 is 22.6 Å². The van der Waals surface area contributed by atoms with E-state index in [9.17, 15) is 5.11 Å². The molecule has 3 unspecified atom stereocenters. The first-order valence-electron chi connectivity index (χ1n) is 12.6. The van der Waals surface area contributed by atoms with Crippen molar-refractivity contribution in [2.75, 3.05) is 13.4 Å². The van der Waals surface area contributed by atoms with Crippen LogP contribution in [0.15, 0.2) is 39.5 Å². The third-order valence-electron chi connectivity index (χ3n) is 10.1. The van der Waals surface area contributed by atoms with E-state index in [2.05, 4.69) is 82.4 Å². The van der Waals surface area contributed by atoms with Crippen molar-refractivity contribution in [1.82, 2.24) is 0 Å². The number of hydrogen-bond acceptors (Lipinski definition) is 4.